The van der Waals surface area contributed by atoms with E-state index in [2.05, 4.69) is 4.74 Å². The van der Waals surface area contributed by atoms with Gasteiger partial charge in [-0.2, -0.15) is 0 Å². The van der Waals surface area contributed by atoms with Crippen LogP contribution in [0.3, 0.4) is 0 Å². The summed E-state index contributed by atoms with van der Waals surface area (Å²) in [6.07, 6.45) is -5.97. The summed E-state index contributed by atoms with van der Waals surface area (Å²) in [6.45, 7) is 0. The quantitative estimate of drug-likeness (QED) is 0.139. The van der Waals surface area contributed by atoms with Crippen LogP contribution in [-0.2, 0) is 38.3 Å². The van der Waals surface area contributed by atoms with Gasteiger partial charge in [-0.05, 0) is 0 Å². The van der Waals surface area contributed by atoms with Crippen LogP contribution in [0.4, 0.5) is 0 Å². The molecule has 28 heavy (non-hydrogen) atoms. The molecule has 1 atom stereocenters. The van der Waals surface area contributed by atoms with E-state index in [1.54, 1.807) is 0 Å². The number of rotatable bonds is 11. The predicted molar refractivity (Wildman–Crippen MR) is 79.1 cm³/mol. The highest BCUT2D eigenvalue weighted by atomic mass is 16.6. The van der Waals surface area contributed by atoms with Gasteiger partial charge in [0.15, 0.2) is 5.60 Å². The molecule has 0 fully saturated rings. The Balaban J connectivity index is 0. The number of carboxylic acid groups (broad SMARTS) is 6. The standard InChI is InChI=1S/C9H10O11.C4H6O4/c10-3(11)1-9(19,8(17)18)2-4(12)20-5(6(13)14)7(15)16;5-3(6)1-2-4(7)8/h5,19H,1-2H2,(H,10,11)(H,13,14)(H,15,16)(H,17,18);1-2H2,(H,5,6)(H,7,8). The molecule has 15 heteroatoms. The first-order valence-corrected chi connectivity index (χ1v) is 6.88. The smallest absolute Gasteiger partial charge is 0.356 e. The second-order valence-corrected chi connectivity index (χ2v) is 4.92. The molecule has 0 aromatic heterocycles. The van der Waals surface area contributed by atoms with Crippen molar-refractivity contribution in [1.29, 1.82) is 0 Å². The molecule has 7 N–H and O–H groups in total. The minimum atomic E-state index is -3.04. The Kier molecular flexibility index (Phi) is 11.1. The zero-order valence-corrected chi connectivity index (χ0v) is 13.8. The number of aliphatic hydroxyl groups is 1. The topological polar surface area (TPSA) is 270 Å². The third-order valence-electron chi connectivity index (χ3n) is 2.53. The summed E-state index contributed by atoms with van der Waals surface area (Å²) >= 11 is 0. The van der Waals surface area contributed by atoms with Crippen LogP contribution in [-0.4, -0.2) is 89.2 Å². The number of carbonyl (C=O) groups is 7. The van der Waals surface area contributed by atoms with Gasteiger partial charge in [0.05, 0.1) is 25.7 Å². The summed E-state index contributed by atoms with van der Waals surface area (Å²) < 4.78 is 3.95. The van der Waals surface area contributed by atoms with E-state index in [1.807, 2.05) is 0 Å². The fourth-order valence-electron chi connectivity index (χ4n) is 1.30. The number of ether oxygens (including phenoxy) is 1. The Morgan fingerprint density at radius 3 is 1.32 bits per heavy atom. The molecule has 0 aromatic carbocycles. The number of carboxylic acids is 6. The zero-order valence-electron chi connectivity index (χ0n) is 13.8. The lowest BCUT2D eigenvalue weighted by molar-refractivity contribution is -0.181. The van der Waals surface area contributed by atoms with Crippen LogP contribution in [0.5, 0.6) is 0 Å². The van der Waals surface area contributed by atoms with Crippen molar-refractivity contribution in [2.45, 2.75) is 37.4 Å². The van der Waals surface area contributed by atoms with E-state index in [4.69, 9.17) is 30.6 Å². The van der Waals surface area contributed by atoms with E-state index >= 15 is 0 Å². The first kappa shape index (κ1) is 26.5. The van der Waals surface area contributed by atoms with Gasteiger partial charge in [0.25, 0.3) is 6.10 Å². The van der Waals surface area contributed by atoms with Gasteiger partial charge in [-0.25, -0.2) is 14.4 Å². The molecule has 0 aromatic rings. The molecule has 0 aliphatic heterocycles. The monoisotopic (exact) mass is 412 g/mol. The number of hydrogen-bond donors (Lipinski definition) is 7. The molecule has 1 unspecified atom stereocenters. The van der Waals surface area contributed by atoms with Crippen molar-refractivity contribution in [1.82, 2.24) is 0 Å². The van der Waals surface area contributed by atoms with Crippen LogP contribution in [0.25, 0.3) is 0 Å². The highest BCUT2D eigenvalue weighted by Gasteiger charge is 2.43. The molecular weight excluding hydrogens is 396 g/mol. The average Bonchev–Trinajstić information content (AvgIpc) is 2.49. The lowest BCUT2D eigenvalue weighted by atomic mass is 9.96. The molecular formula is C13H16O15. The van der Waals surface area contributed by atoms with Crippen LogP contribution in [0, 0.1) is 0 Å². The van der Waals surface area contributed by atoms with Gasteiger partial charge >= 0.3 is 41.8 Å². The molecule has 0 saturated heterocycles. The van der Waals surface area contributed by atoms with Gasteiger partial charge in [0, 0.05) is 0 Å². The minimum Gasteiger partial charge on any atom is -0.481 e. The average molecular weight is 412 g/mol. The molecule has 0 bridgehead atoms. The summed E-state index contributed by atoms with van der Waals surface area (Å²) in [6, 6.07) is 0. The minimum absolute atomic E-state index is 0.296. The van der Waals surface area contributed by atoms with Crippen molar-refractivity contribution in [2.75, 3.05) is 0 Å². The second-order valence-electron chi connectivity index (χ2n) is 4.92. The number of carbonyl (C=O) groups excluding carboxylic acids is 1. The summed E-state index contributed by atoms with van der Waals surface area (Å²) in [5.74, 6) is -11.7. The maximum absolute atomic E-state index is 11.2. The molecule has 0 aliphatic rings. The van der Waals surface area contributed by atoms with Gasteiger partial charge in [-0.1, -0.05) is 0 Å². The summed E-state index contributed by atoms with van der Waals surface area (Å²) in [5.41, 5.74) is -3.04. The van der Waals surface area contributed by atoms with E-state index in [0.717, 1.165) is 0 Å². The van der Waals surface area contributed by atoms with Gasteiger partial charge in [-0.3, -0.25) is 19.2 Å². The summed E-state index contributed by atoms with van der Waals surface area (Å²) in [7, 11) is 0. The van der Waals surface area contributed by atoms with E-state index in [1.165, 1.54) is 0 Å². The van der Waals surface area contributed by atoms with E-state index in [0.29, 0.717) is 0 Å². The maximum Gasteiger partial charge on any atom is 0.356 e. The lowest BCUT2D eigenvalue weighted by Gasteiger charge is -2.20. The third kappa shape index (κ3) is 11.7. The van der Waals surface area contributed by atoms with Crippen molar-refractivity contribution >= 4 is 41.8 Å². The second kappa shape index (κ2) is 11.8. The van der Waals surface area contributed by atoms with Gasteiger partial charge in [-0.15, -0.1) is 0 Å². The molecule has 0 heterocycles. The van der Waals surface area contributed by atoms with Crippen molar-refractivity contribution in [3.63, 3.8) is 0 Å². The Bertz CT molecular complexity index is 622. The van der Waals surface area contributed by atoms with E-state index in [-0.39, 0.29) is 12.8 Å². The lowest BCUT2D eigenvalue weighted by Crippen LogP contribution is -2.44. The first-order chi connectivity index (χ1) is 12.6. The van der Waals surface area contributed by atoms with E-state index < -0.39 is 66.3 Å². The van der Waals surface area contributed by atoms with Gasteiger partial charge < -0.3 is 40.5 Å². The summed E-state index contributed by atoms with van der Waals surface area (Å²) in [4.78, 5) is 72.4. The SMILES string of the molecule is O=C(O)CC(O)(CC(=O)OC(C(=O)O)C(=O)O)C(=O)O.O=C(O)CCC(=O)O. The van der Waals surface area contributed by atoms with Crippen molar-refractivity contribution in [3.05, 3.63) is 0 Å². The van der Waals surface area contributed by atoms with E-state index in [9.17, 15) is 38.7 Å². The molecule has 0 saturated carbocycles. The van der Waals surface area contributed by atoms with Crippen molar-refractivity contribution < 1.29 is 74.0 Å². The fourth-order valence-corrected chi connectivity index (χ4v) is 1.30. The molecule has 15 nitrogen and oxygen atoms in total. The third-order valence-corrected chi connectivity index (χ3v) is 2.53. The first-order valence-electron chi connectivity index (χ1n) is 6.88. The summed E-state index contributed by atoms with van der Waals surface area (Å²) in [5, 5.41) is 59.1. The maximum atomic E-state index is 11.2. The van der Waals surface area contributed by atoms with Gasteiger partial charge in [0.1, 0.15) is 0 Å². The largest absolute Gasteiger partial charge is 0.481 e. The Hall–Kier alpha value is -3.75. The molecule has 0 spiro atoms. The van der Waals surface area contributed by atoms with Crippen LogP contribution >= 0.6 is 0 Å². The number of aliphatic carboxylic acids is 6. The molecule has 0 rings (SSSR count). The van der Waals surface area contributed by atoms with Gasteiger partial charge in [0.2, 0.25) is 0 Å². The molecule has 0 amide bonds. The van der Waals surface area contributed by atoms with Crippen LogP contribution in [0.1, 0.15) is 25.7 Å². The van der Waals surface area contributed by atoms with Crippen molar-refractivity contribution in [3.8, 4) is 0 Å². The molecule has 0 aliphatic carbocycles. The van der Waals surface area contributed by atoms with Crippen molar-refractivity contribution in [2.24, 2.45) is 0 Å². The normalized spacial score (nSPS) is 11.9. The van der Waals surface area contributed by atoms with Crippen LogP contribution in [0.15, 0.2) is 0 Å². The highest BCUT2D eigenvalue weighted by Crippen LogP contribution is 2.17. The highest BCUT2D eigenvalue weighted by molar-refractivity contribution is 5.98. The predicted octanol–water partition coefficient (Wildman–Crippen LogP) is -2.32. The Labute approximate surface area is 154 Å². The number of hydrogen-bond acceptors (Lipinski definition) is 9. The number of esters is 1. The fraction of sp³-hybridized carbons (Fsp3) is 0.462. The van der Waals surface area contributed by atoms with Crippen LogP contribution < -0.4 is 0 Å². The molecule has 158 valence electrons. The Morgan fingerprint density at radius 2 is 1.07 bits per heavy atom. The van der Waals surface area contributed by atoms with Crippen LogP contribution in [0.2, 0.25) is 0 Å². The molecule has 0 radical (unpaired) electrons. The Morgan fingerprint density at radius 1 is 0.679 bits per heavy atom. The zero-order chi connectivity index (χ0) is 22.7.